The van der Waals surface area contributed by atoms with Gasteiger partial charge < -0.3 is 14.9 Å². The molecule has 0 aromatic heterocycles. The van der Waals surface area contributed by atoms with E-state index in [0.29, 0.717) is 5.57 Å². The van der Waals surface area contributed by atoms with Gasteiger partial charge in [-0.3, -0.25) is 0 Å². The van der Waals surface area contributed by atoms with Crippen molar-refractivity contribution in [3.63, 3.8) is 0 Å². The molecule has 0 saturated carbocycles. The fourth-order valence-electron chi connectivity index (χ4n) is 2.05. The molecular weight excluding hydrogens is 292 g/mol. The maximum Gasteiger partial charge on any atom is 0.333 e. The molecule has 0 bridgehead atoms. The van der Waals surface area contributed by atoms with E-state index in [1.54, 1.807) is 13.0 Å². The summed E-state index contributed by atoms with van der Waals surface area (Å²) in [5.74, 6) is -0.510. The molecule has 23 heavy (non-hydrogen) atoms. The lowest BCUT2D eigenvalue weighted by Gasteiger charge is -2.08. The summed E-state index contributed by atoms with van der Waals surface area (Å²) in [7, 11) is 0. The number of ether oxygens (including phenoxy) is 1. The van der Waals surface area contributed by atoms with Crippen molar-refractivity contribution in [1.29, 1.82) is 0 Å². The molecule has 0 saturated heterocycles. The predicted octanol–water partition coefficient (Wildman–Crippen LogP) is 2.65. The topological polar surface area (TPSA) is 66.8 Å². The van der Waals surface area contributed by atoms with Crippen molar-refractivity contribution in [2.75, 3.05) is 13.2 Å². The average Bonchev–Trinajstić information content (AvgIpc) is 2.60. The second kappa shape index (κ2) is 8.27. The van der Waals surface area contributed by atoms with Crippen LogP contribution < -0.4 is 0 Å². The molecule has 2 N–H and O–H groups in total. The quantitative estimate of drug-likeness (QED) is 0.636. The standard InChI is InChI=1S/C19H20O4/c1-14(19(22)23-13-18(21)12-20)11-15-7-9-17(10-8-15)16-5-3-2-4-6-16/h2-11,18,20-21H,12-13H2,1H3/b14-11+/t18-/m0/s1. The molecule has 0 aliphatic carbocycles. The van der Waals surface area contributed by atoms with E-state index < -0.39 is 18.7 Å². The van der Waals surface area contributed by atoms with Crippen molar-refractivity contribution < 1.29 is 19.7 Å². The summed E-state index contributed by atoms with van der Waals surface area (Å²) < 4.78 is 4.90. The molecule has 2 aromatic rings. The monoisotopic (exact) mass is 312 g/mol. The Balaban J connectivity index is 2.03. The lowest BCUT2D eigenvalue weighted by Crippen LogP contribution is -2.22. The number of aliphatic hydroxyl groups is 2. The first kappa shape index (κ1) is 16.9. The highest BCUT2D eigenvalue weighted by atomic mass is 16.5. The minimum atomic E-state index is -1.04. The van der Waals surface area contributed by atoms with Crippen LogP contribution in [-0.4, -0.2) is 35.5 Å². The van der Waals surface area contributed by atoms with E-state index in [-0.39, 0.29) is 6.61 Å². The summed E-state index contributed by atoms with van der Waals surface area (Å²) in [4.78, 5) is 11.8. The molecule has 0 fully saturated rings. The zero-order valence-electron chi connectivity index (χ0n) is 13.0. The largest absolute Gasteiger partial charge is 0.459 e. The van der Waals surface area contributed by atoms with Crippen molar-refractivity contribution in [2.45, 2.75) is 13.0 Å². The van der Waals surface area contributed by atoms with E-state index >= 15 is 0 Å². The Hall–Kier alpha value is -2.43. The lowest BCUT2D eigenvalue weighted by molar-refractivity contribution is -0.142. The van der Waals surface area contributed by atoms with Crippen LogP contribution in [0.15, 0.2) is 60.2 Å². The van der Waals surface area contributed by atoms with E-state index in [9.17, 15) is 9.90 Å². The molecule has 120 valence electrons. The maximum absolute atomic E-state index is 11.8. The SMILES string of the molecule is C/C(=C\c1ccc(-c2ccccc2)cc1)C(=O)OC[C@@H](O)CO. The molecule has 0 aliphatic rings. The van der Waals surface area contributed by atoms with Crippen LogP contribution in [0.25, 0.3) is 17.2 Å². The van der Waals surface area contributed by atoms with Gasteiger partial charge in [0, 0.05) is 5.57 Å². The van der Waals surface area contributed by atoms with Gasteiger partial charge in [0.05, 0.1) is 6.61 Å². The zero-order valence-corrected chi connectivity index (χ0v) is 13.0. The fraction of sp³-hybridized carbons (Fsp3) is 0.211. The number of aliphatic hydroxyl groups excluding tert-OH is 2. The van der Waals surface area contributed by atoms with Gasteiger partial charge in [-0.25, -0.2) is 4.79 Å². The van der Waals surface area contributed by atoms with E-state index in [1.807, 2.05) is 54.6 Å². The summed E-state index contributed by atoms with van der Waals surface area (Å²) in [5, 5.41) is 17.9. The first-order valence-corrected chi connectivity index (χ1v) is 7.40. The van der Waals surface area contributed by atoms with Crippen LogP contribution in [0.5, 0.6) is 0 Å². The van der Waals surface area contributed by atoms with Crippen LogP contribution in [0.1, 0.15) is 12.5 Å². The number of rotatable bonds is 6. The Morgan fingerprint density at radius 1 is 1.09 bits per heavy atom. The summed E-state index contributed by atoms with van der Waals surface area (Å²) >= 11 is 0. The van der Waals surface area contributed by atoms with Gasteiger partial charge in [-0.05, 0) is 29.7 Å². The normalized spacial score (nSPS) is 12.7. The molecule has 0 spiro atoms. The van der Waals surface area contributed by atoms with Gasteiger partial charge in [0.25, 0.3) is 0 Å². The van der Waals surface area contributed by atoms with Crippen LogP contribution in [-0.2, 0) is 9.53 Å². The van der Waals surface area contributed by atoms with Crippen LogP contribution in [0.3, 0.4) is 0 Å². The first-order valence-electron chi connectivity index (χ1n) is 7.40. The molecule has 2 aromatic carbocycles. The molecule has 0 heterocycles. The second-order valence-electron chi connectivity index (χ2n) is 5.25. The zero-order chi connectivity index (χ0) is 16.7. The molecule has 0 amide bonds. The number of hydrogen-bond donors (Lipinski definition) is 2. The third-order valence-corrected chi connectivity index (χ3v) is 3.34. The highest BCUT2D eigenvalue weighted by Gasteiger charge is 2.09. The molecule has 0 aliphatic heterocycles. The van der Waals surface area contributed by atoms with Gasteiger partial charge in [0.15, 0.2) is 0 Å². The van der Waals surface area contributed by atoms with E-state index in [0.717, 1.165) is 16.7 Å². The smallest absolute Gasteiger partial charge is 0.333 e. The van der Waals surface area contributed by atoms with Gasteiger partial charge in [-0.2, -0.15) is 0 Å². The molecule has 1 atom stereocenters. The predicted molar refractivity (Wildman–Crippen MR) is 89.6 cm³/mol. The van der Waals surface area contributed by atoms with Crippen molar-refractivity contribution in [1.82, 2.24) is 0 Å². The maximum atomic E-state index is 11.8. The molecule has 4 heteroatoms. The van der Waals surface area contributed by atoms with Gasteiger partial charge >= 0.3 is 5.97 Å². The van der Waals surface area contributed by atoms with Crippen molar-refractivity contribution in [3.05, 3.63) is 65.7 Å². The Morgan fingerprint density at radius 2 is 1.70 bits per heavy atom. The molecule has 0 radical (unpaired) electrons. The number of benzene rings is 2. The number of carbonyl (C=O) groups is 1. The molecule has 4 nitrogen and oxygen atoms in total. The van der Waals surface area contributed by atoms with Crippen molar-refractivity contribution >= 4 is 12.0 Å². The minimum absolute atomic E-state index is 0.215. The van der Waals surface area contributed by atoms with E-state index in [2.05, 4.69) is 0 Å². The second-order valence-corrected chi connectivity index (χ2v) is 5.25. The van der Waals surface area contributed by atoms with Crippen LogP contribution in [0.4, 0.5) is 0 Å². The highest BCUT2D eigenvalue weighted by molar-refractivity contribution is 5.93. The van der Waals surface area contributed by atoms with Crippen LogP contribution in [0, 0.1) is 0 Å². The lowest BCUT2D eigenvalue weighted by atomic mass is 10.0. The summed E-state index contributed by atoms with van der Waals surface area (Å²) in [6.07, 6.45) is 0.680. The molecular formula is C19H20O4. The van der Waals surface area contributed by atoms with Gasteiger partial charge in [-0.15, -0.1) is 0 Å². The van der Waals surface area contributed by atoms with Crippen LogP contribution in [0.2, 0.25) is 0 Å². The van der Waals surface area contributed by atoms with Crippen molar-refractivity contribution in [2.24, 2.45) is 0 Å². The Bertz CT molecular complexity index is 660. The number of esters is 1. The number of hydrogen-bond acceptors (Lipinski definition) is 4. The molecule has 0 unspecified atom stereocenters. The van der Waals surface area contributed by atoms with Gasteiger partial charge in [0.1, 0.15) is 12.7 Å². The minimum Gasteiger partial charge on any atom is -0.459 e. The third-order valence-electron chi connectivity index (χ3n) is 3.34. The van der Waals surface area contributed by atoms with Gasteiger partial charge in [-0.1, -0.05) is 54.6 Å². The summed E-state index contributed by atoms with van der Waals surface area (Å²) in [6, 6.07) is 17.9. The summed E-state index contributed by atoms with van der Waals surface area (Å²) in [5.41, 5.74) is 3.57. The first-order chi connectivity index (χ1) is 11.1. The van der Waals surface area contributed by atoms with Crippen molar-refractivity contribution in [3.8, 4) is 11.1 Å². The van der Waals surface area contributed by atoms with Gasteiger partial charge in [0.2, 0.25) is 0 Å². The van der Waals surface area contributed by atoms with E-state index in [4.69, 9.17) is 9.84 Å². The fourth-order valence-corrected chi connectivity index (χ4v) is 2.05. The Morgan fingerprint density at radius 3 is 2.30 bits per heavy atom. The Labute approximate surface area is 135 Å². The Kier molecular flexibility index (Phi) is 6.09. The third kappa shape index (κ3) is 5.06. The molecule has 2 rings (SSSR count). The summed E-state index contributed by atoms with van der Waals surface area (Å²) in [6.45, 7) is 1.00. The number of carbonyl (C=O) groups excluding carboxylic acids is 1. The highest BCUT2D eigenvalue weighted by Crippen LogP contribution is 2.20. The average molecular weight is 312 g/mol. The van der Waals surface area contributed by atoms with Crippen LogP contribution >= 0.6 is 0 Å². The van der Waals surface area contributed by atoms with E-state index in [1.165, 1.54) is 0 Å².